The van der Waals surface area contributed by atoms with Crippen LogP contribution in [0.4, 0.5) is 5.82 Å². The molecule has 0 radical (unpaired) electrons. The molecule has 0 saturated heterocycles. The van der Waals surface area contributed by atoms with E-state index < -0.39 is 0 Å². The number of halogens is 1. The lowest BCUT2D eigenvalue weighted by molar-refractivity contribution is -0.119. The topological polar surface area (TPSA) is 42.0 Å². The number of ketones is 1. The van der Waals surface area contributed by atoms with Gasteiger partial charge in [0.15, 0.2) is 5.78 Å². The van der Waals surface area contributed by atoms with Gasteiger partial charge in [-0.25, -0.2) is 4.98 Å². The second-order valence-corrected chi connectivity index (χ2v) is 4.60. The molecule has 1 atom stereocenters. The van der Waals surface area contributed by atoms with Crippen molar-refractivity contribution in [1.29, 1.82) is 0 Å². The van der Waals surface area contributed by atoms with Gasteiger partial charge in [0.05, 0.1) is 6.04 Å². The Bertz CT molecular complexity index is 431. The van der Waals surface area contributed by atoms with Crippen LogP contribution in [0.15, 0.2) is 6.07 Å². The Morgan fingerprint density at radius 1 is 1.62 bits per heavy atom. The summed E-state index contributed by atoms with van der Waals surface area (Å²) in [5, 5.41) is 3.66. The Morgan fingerprint density at radius 2 is 2.38 bits per heavy atom. The van der Waals surface area contributed by atoms with Crippen molar-refractivity contribution in [2.24, 2.45) is 0 Å². The molecule has 0 bridgehead atoms. The lowest BCUT2D eigenvalue weighted by atomic mass is 9.94. The predicted octanol–water partition coefficient (Wildman–Crippen LogP) is 2.75. The number of Topliss-reactive ketones (excluding diaryl/α,β-unsaturated/α-hetero) is 1. The summed E-state index contributed by atoms with van der Waals surface area (Å²) in [6.45, 7) is 4.03. The number of anilines is 1. The standard InChI is InChI=1S/C12H15ClN2O/c1-3-4-9-10(16)6-8-7(2)5-11(13)15-12(8)14-9/h5,9H,3-4,6H2,1-2H3,(H,14,15). The summed E-state index contributed by atoms with van der Waals surface area (Å²) in [6, 6.07) is 1.71. The molecule has 1 aliphatic heterocycles. The highest BCUT2D eigenvalue weighted by atomic mass is 35.5. The summed E-state index contributed by atoms with van der Waals surface area (Å²) in [5.74, 6) is 1.03. The number of carbonyl (C=O) groups excluding carboxylic acids is 1. The van der Waals surface area contributed by atoms with Crippen molar-refractivity contribution in [3.8, 4) is 0 Å². The second kappa shape index (κ2) is 4.42. The van der Waals surface area contributed by atoms with E-state index in [1.165, 1.54) is 0 Å². The van der Waals surface area contributed by atoms with Crippen molar-refractivity contribution < 1.29 is 4.79 Å². The van der Waals surface area contributed by atoms with Gasteiger partial charge in [-0.3, -0.25) is 4.79 Å². The highest BCUT2D eigenvalue weighted by Gasteiger charge is 2.27. The maximum Gasteiger partial charge on any atom is 0.159 e. The Hall–Kier alpha value is -1.09. The fourth-order valence-electron chi connectivity index (χ4n) is 2.07. The third kappa shape index (κ3) is 2.05. The van der Waals surface area contributed by atoms with E-state index in [0.29, 0.717) is 11.6 Å². The molecule has 16 heavy (non-hydrogen) atoms. The minimum Gasteiger partial charge on any atom is -0.360 e. The SMILES string of the molecule is CCCC1Nc2nc(Cl)cc(C)c2CC1=O. The van der Waals surface area contributed by atoms with E-state index in [2.05, 4.69) is 17.2 Å². The van der Waals surface area contributed by atoms with E-state index in [9.17, 15) is 4.79 Å². The zero-order valence-corrected chi connectivity index (χ0v) is 10.3. The van der Waals surface area contributed by atoms with Gasteiger partial charge < -0.3 is 5.32 Å². The minimum atomic E-state index is -0.0946. The number of carbonyl (C=O) groups is 1. The highest BCUT2D eigenvalue weighted by molar-refractivity contribution is 6.29. The zero-order chi connectivity index (χ0) is 11.7. The summed E-state index contributed by atoms with van der Waals surface area (Å²) in [5.41, 5.74) is 2.02. The number of hydrogen-bond donors (Lipinski definition) is 1. The van der Waals surface area contributed by atoms with Gasteiger partial charge in [0, 0.05) is 12.0 Å². The van der Waals surface area contributed by atoms with E-state index in [-0.39, 0.29) is 11.8 Å². The van der Waals surface area contributed by atoms with Crippen LogP contribution in [-0.4, -0.2) is 16.8 Å². The lowest BCUT2D eigenvalue weighted by Gasteiger charge is -2.26. The van der Waals surface area contributed by atoms with Crippen LogP contribution in [-0.2, 0) is 11.2 Å². The molecule has 0 spiro atoms. The van der Waals surface area contributed by atoms with E-state index in [4.69, 9.17) is 11.6 Å². The molecule has 0 aromatic carbocycles. The summed E-state index contributed by atoms with van der Waals surface area (Å²) in [7, 11) is 0. The molecular formula is C12H15ClN2O. The van der Waals surface area contributed by atoms with Gasteiger partial charge in [-0.05, 0) is 25.0 Å². The van der Waals surface area contributed by atoms with Crippen molar-refractivity contribution in [1.82, 2.24) is 4.98 Å². The van der Waals surface area contributed by atoms with Crippen LogP contribution >= 0.6 is 11.6 Å². The molecule has 0 amide bonds. The molecule has 2 heterocycles. The first-order chi connectivity index (χ1) is 7.61. The molecule has 0 aliphatic carbocycles. The molecule has 86 valence electrons. The highest BCUT2D eigenvalue weighted by Crippen LogP contribution is 2.27. The number of rotatable bonds is 2. The molecule has 0 fully saturated rings. The first-order valence-corrected chi connectivity index (χ1v) is 5.95. The van der Waals surface area contributed by atoms with Crippen LogP contribution in [0.5, 0.6) is 0 Å². The van der Waals surface area contributed by atoms with Crippen molar-refractivity contribution in [2.75, 3.05) is 5.32 Å². The van der Waals surface area contributed by atoms with Crippen molar-refractivity contribution in [3.63, 3.8) is 0 Å². The van der Waals surface area contributed by atoms with Crippen LogP contribution in [0.3, 0.4) is 0 Å². The first-order valence-electron chi connectivity index (χ1n) is 5.57. The summed E-state index contributed by atoms with van der Waals surface area (Å²) >= 11 is 5.91. The van der Waals surface area contributed by atoms with Crippen LogP contribution in [0.2, 0.25) is 5.15 Å². The van der Waals surface area contributed by atoms with Gasteiger partial charge in [0.25, 0.3) is 0 Å². The quantitative estimate of drug-likeness (QED) is 0.806. The van der Waals surface area contributed by atoms with E-state index in [0.717, 1.165) is 29.8 Å². The number of nitrogens with zero attached hydrogens (tertiary/aromatic N) is 1. The summed E-state index contributed by atoms with van der Waals surface area (Å²) in [4.78, 5) is 16.1. The number of pyridine rings is 1. The van der Waals surface area contributed by atoms with Crippen molar-refractivity contribution in [3.05, 3.63) is 22.3 Å². The Balaban J connectivity index is 2.35. The van der Waals surface area contributed by atoms with Crippen LogP contribution < -0.4 is 5.32 Å². The Morgan fingerprint density at radius 3 is 3.06 bits per heavy atom. The molecule has 1 N–H and O–H groups in total. The maximum atomic E-state index is 11.9. The smallest absolute Gasteiger partial charge is 0.159 e. The minimum absolute atomic E-state index is 0.0946. The molecule has 1 aromatic rings. The number of hydrogen-bond acceptors (Lipinski definition) is 3. The summed E-state index contributed by atoms with van der Waals surface area (Å²) < 4.78 is 0. The summed E-state index contributed by atoms with van der Waals surface area (Å²) in [6.07, 6.45) is 2.31. The molecule has 1 aliphatic rings. The number of aromatic nitrogens is 1. The van der Waals surface area contributed by atoms with Gasteiger partial charge in [-0.15, -0.1) is 0 Å². The number of nitrogens with one attached hydrogen (secondary N) is 1. The van der Waals surface area contributed by atoms with Crippen LogP contribution in [0.1, 0.15) is 30.9 Å². The molecule has 0 saturated carbocycles. The predicted molar refractivity (Wildman–Crippen MR) is 65.0 cm³/mol. The lowest BCUT2D eigenvalue weighted by Crippen LogP contribution is -2.36. The molecule has 1 aromatic heterocycles. The fourth-order valence-corrected chi connectivity index (χ4v) is 2.31. The molecule has 2 rings (SSSR count). The average molecular weight is 239 g/mol. The molecule has 4 heteroatoms. The first kappa shape index (κ1) is 11.4. The van der Waals surface area contributed by atoms with Gasteiger partial charge in [-0.2, -0.15) is 0 Å². The van der Waals surface area contributed by atoms with Gasteiger partial charge in [0.1, 0.15) is 11.0 Å². The number of aryl methyl sites for hydroxylation is 1. The van der Waals surface area contributed by atoms with E-state index in [1.807, 2.05) is 6.92 Å². The van der Waals surface area contributed by atoms with E-state index in [1.54, 1.807) is 6.07 Å². The second-order valence-electron chi connectivity index (χ2n) is 4.22. The third-order valence-electron chi connectivity index (χ3n) is 2.94. The van der Waals surface area contributed by atoms with Crippen LogP contribution in [0, 0.1) is 6.92 Å². The average Bonchev–Trinajstić information content (AvgIpc) is 2.21. The largest absolute Gasteiger partial charge is 0.360 e. The Labute approximate surface area is 100 Å². The van der Waals surface area contributed by atoms with Crippen molar-refractivity contribution >= 4 is 23.2 Å². The number of fused-ring (bicyclic) bond motifs is 1. The van der Waals surface area contributed by atoms with Gasteiger partial charge >= 0.3 is 0 Å². The maximum absolute atomic E-state index is 11.9. The van der Waals surface area contributed by atoms with E-state index >= 15 is 0 Å². The fraction of sp³-hybridized carbons (Fsp3) is 0.500. The molecule has 3 nitrogen and oxygen atoms in total. The van der Waals surface area contributed by atoms with Gasteiger partial charge in [0.2, 0.25) is 0 Å². The zero-order valence-electron chi connectivity index (χ0n) is 9.51. The molecular weight excluding hydrogens is 224 g/mol. The van der Waals surface area contributed by atoms with Gasteiger partial charge in [-0.1, -0.05) is 24.9 Å². The monoisotopic (exact) mass is 238 g/mol. The third-order valence-corrected chi connectivity index (χ3v) is 3.14. The van der Waals surface area contributed by atoms with Crippen LogP contribution in [0.25, 0.3) is 0 Å². The Kier molecular flexibility index (Phi) is 3.15. The molecule has 1 unspecified atom stereocenters. The van der Waals surface area contributed by atoms with Crippen molar-refractivity contribution in [2.45, 2.75) is 39.2 Å². The normalized spacial score (nSPS) is 19.2.